The van der Waals surface area contributed by atoms with Crippen LogP contribution in [0.25, 0.3) is 11.6 Å². The van der Waals surface area contributed by atoms with Crippen LogP contribution in [0.1, 0.15) is 30.9 Å². The van der Waals surface area contributed by atoms with Gasteiger partial charge in [-0.25, -0.2) is 8.42 Å². The molecule has 3 aromatic rings. The van der Waals surface area contributed by atoms with Crippen molar-refractivity contribution in [1.82, 2.24) is 20.0 Å². The van der Waals surface area contributed by atoms with Crippen LogP contribution in [0, 0.1) is 0 Å². The van der Waals surface area contributed by atoms with Crippen molar-refractivity contribution in [3.63, 3.8) is 0 Å². The molecule has 8 nitrogen and oxygen atoms in total. The molecule has 1 saturated carbocycles. The van der Waals surface area contributed by atoms with Crippen LogP contribution in [0.4, 0.5) is 14.5 Å². The largest absolute Gasteiger partial charge is 0.413 e. The number of nitrogens with zero attached hydrogens (tertiary/aromatic N) is 5. The minimum atomic E-state index is -3.59. The van der Waals surface area contributed by atoms with E-state index in [4.69, 9.17) is 16.0 Å². The molecule has 12 heteroatoms. The topological polar surface area (TPSA) is 94.1 Å². The third-order valence-corrected chi connectivity index (χ3v) is 6.98. The number of sulfonamides is 1. The lowest BCUT2D eigenvalue weighted by molar-refractivity contribution is 0.116. The summed E-state index contributed by atoms with van der Waals surface area (Å²) in [7, 11) is -1.98. The van der Waals surface area contributed by atoms with Gasteiger partial charge < -0.3 is 4.42 Å². The monoisotopic (exact) mass is 443 g/mol. The van der Waals surface area contributed by atoms with E-state index in [2.05, 4.69) is 15.3 Å². The summed E-state index contributed by atoms with van der Waals surface area (Å²) in [6, 6.07) is 8.10. The highest BCUT2D eigenvalue weighted by molar-refractivity contribution is 7.93. The number of rotatable bonds is 7. The number of halogens is 3. The highest BCUT2D eigenvalue weighted by Gasteiger charge is 2.40. The number of anilines is 1. The van der Waals surface area contributed by atoms with E-state index in [-0.39, 0.29) is 18.1 Å². The molecule has 0 N–H and O–H groups in total. The third kappa shape index (κ3) is 3.97. The molecule has 0 unspecified atom stereocenters. The summed E-state index contributed by atoms with van der Waals surface area (Å²) < 4.78 is 59.0. The van der Waals surface area contributed by atoms with Crippen molar-refractivity contribution in [2.24, 2.45) is 7.05 Å². The average Bonchev–Trinajstić information content (AvgIpc) is 3.30. The molecule has 29 heavy (non-hydrogen) atoms. The third-order valence-electron chi connectivity index (χ3n) is 4.48. The summed E-state index contributed by atoms with van der Waals surface area (Å²) in [5.41, 5.74) is 1.13. The summed E-state index contributed by atoms with van der Waals surface area (Å²) in [5.74, 6) is -0.967. The van der Waals surface area contributed by atoms with Crippen molar-refractivity contribution in [1.29, 1.82) is 0 Å². The Morgan fingerprint density at radius 2 is 2.07 bits per heavy atom. The molecule has 0 amide bonds. The van der Waals surface area contributed by atoms with E-state index >= 15 is 0 Å². The van der Waals surface area contributed by atoms with Gasteiger partial charge in [-0.15, -0.1) is 10.2 Å². The van der Waals surface area contributed by atoms with E-state index in [1.165, 1.54) is 15.1 Å². The molecule has 0 aliphatic heterocycles. The summed E-state index contributed by atoms with van der Waals surface area (Å²) >= 11 is 6.05. The quantitative estimate of drug-likeness (QED) is 0.554. The van der Waals surface area contributed by atoms with Crippen molar-refractivity contribution in [2.45, 2.75) is 31.1 Å². The van der Waals surface area contributed by atoms with Crippen molar-refractivity contribution in [3.8, 4) is 11.6 Å². The van der Waals surface area contributed by atoms with Gasteiger partial charge in [-0.1, -0.05) is 17.7 Å². The zero-order chi connectivity index (χ0) is 20.8. The normalized spacial score (nSPS) is 14.5. The molecule has 0 spiro atoms. The Morgan fingerprint density at radius 3 is 2.69 bits per heavy atom. The first kappa shape index (κ1) is 19.8. The van der Waals surface area contributed by atoms with Crippen LogP contribution in [0.3, 0.4) is 0 Å². The molecule has 0 atom stereocenters. The second kappa shape index (κ2) is 7.38. The minimum Gasteiger partial charge on any atom is -0.413 e. The molecule has 0 saturated heterocycles. The fourth-order valence-electron chi connectivity index (χ4n) is 2.84. The molecule has 2 aromatic heterocycles. The van der Waals surface area contributed by atoms with Gasteiger partial charge in [-0.05, 0) is 37.1 Å². The maximum absolute atomic E-state index is 13.0. The lowest BCUT2D eigenvalue weighted by Gasteiger charge is -2.24. The number of aromatic nitrogens is 4. The first-order chi connectivity index (χ1) is 13.8. The standard InChI is InChI=1S/C17H16ClF2N5O3S/c1-24-12(8-14(23-24)16-21-22-17(28-16)15(19)20)9-25(29(26,27)13-5-6-13)11-4-2-3-10(18)7-11/h2-4,7-8,13,15H,5-6,9H2,1H3. The van der Waals surface area contributed by atoms with Crippen LogP contribution in [-0.4, -0.2) is 33.6 Å². The Bertz CT molecular complexity index is 1140. The number of alkyl halides is 2. The van der Waals surface area contributed by atoms with Gasteiger partial charge >= 0.3 is 6.43 Å². The highest BCUT2D eigenvalue weighted by atomic mass is 35.5. The molecule has 1 fully saturated rings. The molecule has 1 aliphatic carbocycles. The summed E-state index contributed by atoms with van der Waals surface area (Å²) in [6.45, 7) is -0.0154. The summed E-state index contributed by atoms with van der Waals surface area (Å²) in [5, 5.41) is 11.0. The molecule has 2 heterocycles. The van der Waals surface area contributed by atoms with Gasteiger partial charge in [0.25, 0.3) is 11.8 Å². The van der Waals surface area contributed by atoms with Crippen molar-refractivity contribution in [3.05, 3.63) is 46.9 Å². The van der Waals surface area contributed by atoms with Crippen molar-refractivity contribution >= 4 is 27.3 Å². The average molecular weight is 444 g/mol. The first-order valence-electron chi connectivity index (χ1n) is 8.67. The van der Waals surface area contributed by atoms with Crippen molar-refractivity contribution in [2.75, 3.05) is 4.31 Å². The second-order valence-corrected chi connectivity index (χ2v) is 9.20. The summed E-state index contributed by atoms with van der Waals surface area (Å²) in [4.78, 5) is 0. The maximum Gasteiger partial charge on any atom is 0.314 e. The Labute approximate surface area is 170 Å². The highest BCUT2D eigenvalue weighted by Crippen LogP contribution is 2.35. The fraction of sp³-hybridized carbons (Fsp3) is 0.353. The van der Waals surface area contributed by atoms with Gasteiger partial charge in [0.2, 0.25) is 10.0 Å². The first-order valence-corrected chi connectivity index (χ1v) is 10.6. The Balaban J connectivity index is 1.68. The zero-order valence-electron chi connectivity index (χ0n) is 15.2. The summed E-state index contributed by atoms with van der Waals surface area (Å²) in [6.07, 6.45) is -1.68. The van der Waals surface area contributed by atoms with Gasteiger partial charge in [0, 0.05) is 12.1 Å². The minimum absolute atomic E-state index is 0.0154. The van der Waals surface area contributed by atoms with Gasteiger partial charge in [0.15, 0.2) is 0 Å². The number of aryl methyl sites for hydroxylation is 1. The number of hydrogen-bond donors (Lipinski definition) is 0. The lowest BCUT2D eigenvalue weighted by Crippen LogP contribution is -2.34. The SMILES string of the molecule is Cn1nc(-c2nnc(C(F)F)o2)cc1CN(c1cccc(Cl)c1)S(=O)(=O)C1CC1. The van der Waals surface area contributed by atoms with E-state index in [0.717, 1.165) is 0 Å². The van der Waals surface area contributed by atoms with E-state index < -0.39 is 27.6 Å². The van der Waals surface area contributed by atoms with E-state index in [0.29, 0.717) is 29.2 Å². The van der Waals surface area contributed by atoms with Gasteiger partial charge in [0.1, 0.15) is 5.69 Å². The van der Waals surface area contributed by atoms with E-state index in [1.54, 1.807) is 31.3 Å². The van der Waals surface area contributed by atoms with Crippen LogP contribution >= 0.6 is 11.6 Å². The van der Waals surface area contributed by atoms with Crippen molar-refractivity contribution < 1.29 is 21.6 Å². The van der Waals surface area contributed by atoms with Gasteiger partial charge in [0.05, 0.1) is 23.2 Å². The van der Waals surface area contributed by atoms with Crippen LogP contribution in [0.2, 0.25) is 5.02 Å². The Kier molecular flexibility index (Phi) is 5.03. The predicted molar refractivity (Wildman–Crippen MR) is 101 cm³/mol. The zero-order valence-corrected chi connectivity index (χ0v) is 16.7. The number of benzene rings is 1. The predicted octanol–water partition coefficient (Wildman–Crippen LogP) is 3.56. The van der Waals surface area contributed by atoms with Crippen LogP contribution < -0.4 is 4.31 Å². The maximum atomic E-state index is 13.0. The molecule has 1 aliphatic rings. The molecule has 4 rings (SSSR count). The van der Waals surface area contributed by atoms with Crippen LogP contribution in [-0.2, 0) is 23.6 Å². The Morgan fingerprint density at radius 1 is 1.31 bits per heavy atom. The Hall–Kier alpha value is -2.53. The molecule has 154 valence electrons. The molecule has 0 radical (unpaired) electrons. The second-order valence-electron chi connectivity index (χ2n) is 6.62. The molecule has 0 bridgehead atoms. The molecular formula is C17H16ClF2N5O3S. The lowest BCUT2D eigenvalue weighted by atomic mass is 10.3. The molecule has 1 aromatic carbocycles. The van der Waals surface area contributed by atoms with Gasteiger partial charge in [-0.2, -0.15) is 13.9 Å². The van der Waals surface area contributed by atoms with E-state index in [9.17, 15) is 17.2 Å². The van der Waals surface area contributed by atoms with Crippen LogP contribution in [0.15, 0.2) is 34.7 Å². The fourth-order valence-corrected chi connectivity index (χ4v) is 4.83. The number of hydrogen-bond acceptors (Lipinski definition) is 6. The van der Waals surface area contributed by atoms with Crippen LogP contribution in [0.5, 0.6) is 0 Å². The van der Waals surface area contributed by atoms with E-state index in [1.807, 2.05) is 0 Å². The molecular weight excluding hydrogens is 428 g/mol. The van der Waals surface area contributed by atoms with Gasteiger partial charge in [-0.3, -0.25) is 8.99 Å². The smallest absolute Gasteiger partial charge is 0.314 e.